The van der Waals surface area contributed by atoms with E-state index in [0.717, 1.165) is 112 Å². The number of benzene rings is 15. The van der Waals surface area contributed by atoms with Gasteiger partial charge in [0, 0.05) is 11.1 Å². The zero-order valence-electron chi connectivity index (χ0n) is 51.9. The molecule has 5 nitrogen and oxygen atoms in total. The molecule has 0 N–H and O–H groups in total. The number of nitrogens with zero attached hydrogens (tertiary/aromatic N) is 4. The second-order valence-electron chi connectivity index (χ2n) is 25.7. The molecular formula is C88H54B2N4OSe. The molecule has 8 heteroatoms. The molecule has 0 unspecified atom stereocenters. The van der Waals surface area contributed by atoms with Gasteiger partial charge >= 0.3 is 429 Å². The van der Waals surface area contributed by atoms with E-state index < -0.39 is 0 Å². The Bertz CT molecular complexity index is 6020. The van der Waals surface area contributed by atoms with E-state index in [0.29, 0.717) is 0 Å². The number of fused-ring (bicyclic) bond motifs is 17. The molecule has 0 radical (unpaired) electrons. The van der Waals surface area contributed by atoms with Crippen LogP contribution in [-0.4, -0.2) is 27.9 Å². The van der Waals surface area contributed by atoms with Gasteiger partial charge < -0.3 is 0 Å². The molecule has 0 saturated carbocycles. The topological polar surface area (TPSA) is 26.1 Å². The van der Waals surface area contributed by atoms with Crippen molar-refractivity contribution in [2.24, 2.45) is 0 Å². The molecule has 17 aromatic rings. The van der Waals surface area contributed by atoms with Crippen molar-refractivity contribution in [3.63, 3.8) is 0 Å². The molecule has 4 aliphatic rings. The fourth-order valence-electron chi connectivity index (χ4n) is 16.9. The van der Waals surface area contributed by atoms with Gasteiger partial charge in [-0.3, -0.25) is 0 Å². The normalized spacial score (nSPS) is 13.3. The molecular weight excluding hydrogens is 1230 g/mol. The number of hydrogen-bond acceptors (Lipinski definition) is 5. The third-order valence-corrected chi connectivity index (χ3v) is 23.1. The van der Waals surface area contributed by atoms with Crippen LogP contribution in [0.25, 0.3) is 85.4 Å². The van der Waals surface area contributed by atoms with Crippen LogP contribution in [0.1, 0.15) is 0 Å². The summed E-state index contributed by atoms with van der Waals surface area (Å²) in [5, 5.41) is 7.17. The zero-order valence-corrected chi connectivity index (χ0v) is 53.7. The molecule has 2 aromatic heterocycles. The van der Waals surface area contributed by atoms with E-state index in [4.69, 9.17) is 4.42 Å². The van der Waals surface area contributed by atoms with Crippen LogP contribution in [0.15, 0.2) is 332 Å². The summed E-state index contributed by atoms with van der Waals surface area (Å²) in [6, 6.07) is 123. The van der Waals surface area contributed by atoms with Crippen molar-refractivity contribution in [2.75, 3.05) is 19.6 Å². The monoisotopic (exact) mass is 1280 g/mol. The predicted molar refractivity (Wildman–Crippen MR) is 408 cm³/mol. The molecule has 0 aliphatic carbocycles. The van der Waals surface area contributed by atoms with Crippen molar-refractivity contribution in [1.29, 1.82) is 0 Å². The van der Waals surface area contributed by atoms with Crippen LogP contribution < -0.4 is 52.4 Å². The van der Waals surface area contributed by atoms with E-state index >= 15 is 0 Å². The van der Waals surface area contributed by atoms with Crippen LogP contribution in [0.2, 0.25) is 0 Å². The van der Waals surface area contributed by atoms with Gasteiger partial charge in [0.05, 0.1) is 0 Å². The Morgan fingerprint density at radius 2 is 0.729 bits per heavy atom. The van der Waals surface area contributed by atoms with Crippen LogP contribution in [0.3, 0.4) is 0 Å². The van der Waals surface area contributed by atoms with Crippen molar-refractivity contribution >= 4 is 181 Å². The van der Waals surface area contributed by atoms with E-state index in [1.54, 1.807) is 0 Å². The van der Waals surface area contributed by atoms with Gasteiger partial charge in [-0.25, -0.2) is 0 Å². The maximum absolute atomic E-state index is 7.48. The summed E-state index contributed by atoms with van der Waals surface area (Å²) in [5.74, 6) is 0. The number of para-hydroxylation sites is 6. The van der Waals surface area contributed by atoms with Gasteiger partial charge in [0.1, 0.15) is 5.58 Å². The van der Waals surface area contributed by atoms with E-state index in [1.165, 1.54) is 74.5 Å². The van der Waals surface area contributed by atoms with Gasteiger partial charge in [0.15, 0.2) is 0 Å². The third-order valence-electron chi connectivity index (χ3n) is 20.7. The Hall–Kier alpha value is -11.8. The van der Waals surface area contributed by atoms with Crippen molar-refractivity contribution in [2.45, 2.75) is 0 Å². The quantitative estimate of drug-likeness (QED) is 0.148. The van der Waals surface area contributed by atoms with E-state index in [1.807, 2.05) is 0 Å². The molecule has 4 aliphatic heterocycles. The number of hydrogen-bond donors (Lipinski definition) is 0. The van der Waals surface area contributed by atoms with E-state index in [2.05, 4.69) is 347 Å². The first-order valence-corrected chi connectivity index (χ1v) is 34.8. The molecule has 6 heterocycles. The molecule has 0 spiro atoms. The van der Waals surface area contributed by atoms with Gasteiger partial charge in [-0.15, -0.1) is 0 Å². The van der Waals surface area contributed by atoms with Gasteiger partial charge in [-0.1, -0.05) is 84.9 Å². The molecule has 15 aromatic carbocycles. The Morgan fingerprint density at radius 3 is 1.34 bits per heavy atom. The summed E-state index contributed by atoms with van der Waals surface area (Å²) >= 11 is 0.0248. The molecule has 444 valence electrons. The summed E-state index contributed by atoms with van der Waals surface area (Å²) in [4.78, 5) is 10.5. The minimum absolute atomic E-state index is 0.0248. The average molecular weight is 1280 g/mol. The van der Waals surface area contributed by atoms with Crippen molar-refractivity contribution < 1.29 is 4.42 Å². The van der Waals surface area contributed by atoms with Crippen LogP contribution in [0.4, 0.5) is 68.2 Å². The second-order valence-corrected chi connectivity index (χ2v) is 28.0. The van der Waals surface area contributed by atoms with Gasteiger partial charge in [-0.05, 0) is 35.0 Å². The van der Waals surface area contributed by atoms with Crippen molar-refractivity contribution in [3.05, 3.63) is 328 Å². The van der Waals surface area contributed by atoms with Crippen LogP contribution in [0, 0.1) is 0 Å². The summed E-state index contributed by atoms with van der Waals surface area (Å²) in [6.07, 6.45) is 0. The number of furan rings is 1. The van der Waals surface area contributed by atoms with Crippen molar-refractivity contribution in [1.82, 2.24) is 0 Å². The van der Waals surface area contributed by atoms with Crippen LogP contribution in [-0.2, 0) is 0 Å². The molecule has 21 rings (SSSR count). The molecule has 0 fully saturated rings. The first kappa shape index (κ1) is 53.7. The average Bonchev–Trinajstić information content (AvgIpc) is 0.996. The van der Waals surface area contributed by atoms with Crippen LogP contribution in [0.5, 0.6) is 0 Å². The number of rotatable bonds is 7. The van der Waals surface area contributed by atoms with E-state index in [9.17, 15) is 0 Å². The van der Waals surface area contributed by atoms with Crippen molar-refractivity contribution in [3.8, 4) is 33.4 Å². The molecule has 0 amide bonds. The zero-order chi connectivity index (χ0) is 62.7. The SMILES string of the molecule is c1ccc(-c2ccccc2N2c3cc4c(cc3B3c5ccccc5N(c5ccccc5)c5c3c2cc2[se]c3ccccc3c52)B2c3ccccc3N(c3ccccc3)c3c2c(cc2oc5cc6ccccc6cc5c32)N4c2c(-c3ccccc3)cccc2-c2ccccc2)cc1. The number of anilines is 12. The fourth-order valence-corrected chi connectivity index (χ4v) is 19.3. The standard InChI is InChI=1S/C88H54B2N4OSe/c1-6-27-55(28-7-1)62-39-18-22-45-71(62)93-74-52-75-70(51-69(74)89-68-44-21-24-47-73(68)92(61-37-14-5-15-38-61)88-83-65-40-19-25-48-80(65)96-81(83)54-77(93)85(88)89)90-67-43-20-23-46-72(67)91(60-35-12-4-13-36-60)87-82-66-49-58-33-16-17-34-59(58)50-78(66)95-79(82)53-76(84(87)90)94(75)86-63(56-29-8-2-9-30-56)41-26-42-64(86)57-31-10-3-11-32-57/h1-54H. The Labute approximate surface area is 562 Å². The van der Waals surface area contributed by atoms with Gasteiger partial charge in [0.2, 0.25) is 0 Å². The van der Waals surface area contributed by atoms with Crippen LogP contribution >= 0.6 is 0 Å². The maximum atomic E-state index is 7.48. The molecule has 0 atom stereocenters. The molecule has 0 bridgehead atoms. The molecule has 0 saturated heterocycles. The first-order valence-electron chi connectivity index (χ1n) is 33.1. The minimum atomic E-state index is -0.248. The predicted octanol–water partition coefficient (Wildman–Crippen LogP) is 19.3. The van der Waals surface area contributed by atoms with Gasteiger partial charge in [0.25, 0.3) is 0 Å². The summed E-state index contributed by atoms with van der Waals surface area (Å²) < 4.78 is 10.3. The second kappa shape index (κ2) is 20.9. The first-order chi connectivity index (χ1) is 47.7. The Balaban J connectivity index is 0.967. The summed E-state index contributed by atoms with van der Waals surface area (Å²) in [5.41, 5.74) is 29.8. The Kier molecular flexibility index (Phi) is 11.7. The van der Waals surface area contributed by atoms with Gasteiger partial charge in [-0.2, -0.15) is 0 Å². The Morgan fingerprint density at radius 1 is 0.260 bits per heavy atom. The third kappa shape index (κ3) is 7.71. The summed E-state index contributed by atoms with van der Waals surface area (Å²) in [7, 11) is 0. The van der Waals surface area contributed by atoms with E-state index in [-0.39, 0.29) is 27.9 Å². The molecule has 96 heavy (non-hydrogen) atoms. The fraction of sp³-hybridized carbons (Fsp3) is 0. The summed E-state index contributed by atoms with van der Waals surface area (Å²) in [6.45, 7) is -0.432.